The number of aryl methyl sites for hydroxylation is 4. The summed E-state index contributed by atoms with van der Waals surface area (Å²) in [7, 11) is 0. The third-order valence-electron chi connectivity index (χ3n) is 5.19. The zero-order chi connectivity index (χ0) is 19.6. The van der Waals surface area contributed by atoms with Crippen LogP contribution in [0.15, 0.2) is 10.7 Å². The monoisotopic (exact) mass is 375 g/mol. The third kappa shape index (κ3) is 4.39. The second kappa shape index (κ2) is 8.22. The molecule has 2 aromatic heterocycles. The van der Waals surface area contributed by atoms with E-state index in [-0.39, 0.29) is 11.9 Å². The van der Waals surface area contributed by atoms with Crippen LogP contribution in [0.4, 0.5) is 0 Å². The predicted octanol–water partition coefficient (Wildman–Crippen LogP) is 1.57. The number of amides is 1. The van der Waals surface area contributed by atoms with Crippen molar-refractivity contribution in [1.29, 1.82) is 0 Å². The highest BCUT2D eigenvalue weighted by Crippen LogP contribution is 2.19. The van der Waals surface area contributed by atoms with E-state index in [2.05, 4.69) is 27.4 Å². The van der Waals surface area contributed by atoms with Crippen molar-refractivity contribution >= 4 is 5.91 Å². The van der Waals surface area contributed by atoms with Gasteiger partial charge in [0.1, 0.15) is 5.76 Å². The number of hydrogen-bond donors (Lipinski definition) is 2. The molecule has 8 nitrogen and oxygen atoms in total. The van der Waals surface area contributed by atoms with Gasteiger partial charge < -0.3 is 14.9 Å². The lowest BCUT2D eigenvalue weighted by Gasteiger charge is -2.36. The molecule has 0 saturated carbocycles. The molecule has 3 heterocycles. The van der Waals surface area contributed by atoms with Crippen LogP contribution in [0.5, 0.6) is 0 Å². The second-order valence-electron chi connectivity index (χ2n) is 7.37. The van der Waals surface area contributed by atoms with E-state index in [9.17, 15) is 9.90 Å². The van der Waals surface area contributed by atoms with Crippen LogP contribution in [0, 0.1) is 20.8 Å². The first-order valence-electron chi connectivity index (χ1n) is 9.56. The number of rotatable bonds is 6. The van der Waals surface area contributed by atoms with Crippen molar-refractivity contribution in [3.63, 3.8) is 0 Å². The summed E-state index contributed by atoms with van der Waals surface area (Å²) in [6.45, 7) is 10.5. The molecule has 0 radical (unpaired) electrons. The van der Waals surface area contributed by atoms with E-state index in [1.807, 2.05) is 20.8 Å². The molecule has 0 unspecified atom stereocenters. The fourth-order valence-electron chi connectivity index (χ4n) is 3.59. The minimum Gasteiger partial charge on any atom is -0.390 e. The summed E-state index contributed by atoms with van der Waals surface area (Å²) in [5.74, 6) is 0.648. The van der Waals surface area contributed by atoms with Crippen LogP contribution in [-0.4, -0.2) is 56.1 Å². The lowest BCUT2D eigenvalue weighted by molar-refractivity contribution is 0.0347. The van der Waals surface area contributed by atoms with Crippen molar-refractivity contribution in [2.45, 2.75) is 65.8 Å². The Morgan fingerprint density at radius 3 is 2.78 bits per heavy atom. The quantitative estimate of drug-likeness (QED) is 0.796. The normalized spacial score (nSPS) is 20.8. The number of carbonyl (C=O) groups excluding carboxylic acids is 1. The standard InChI is InChI=1S/C19H29N5O3/c1-5-7-24-10-16(12(2)21-24)19(26)20-17-6-8-23(11-18(17)25)9-15-13(3)22-27-14(15)4/h10,17-18,25H,5-9,11H2,1-4H3,(H,20,26)/t17-,18-/m1/s1. The molecule has 2 aromatic rings. The fourth-order valence-corrected chi connectivity index (χ4v) is 3.59. The summed E-state index contributed by atoms with van der Waals surface area (Å²) in [6, 6.07) is -0.257. The molecular weight excluding hydrogens is 346 g/mol. The molecule has 0 aromatic carbocycles. The van der Waals surface area contributed by atoms with E-state index in [0.717, 1.165) is 36.5 Å². The lowest BCUT2D eigenvalue weighted by atomic mass is 10.0. The fraction of sp³-hybridized carbons (Fsp3) is 0.632. The minimum atomic E-state index is -0.617. The Morgan fingerprint density at radius 1 is 1.37 bits per heavy atom. The molecule has 1 fully saturated rings. The van der Waals surface area contributed by atoms with Crippen LogP contribution in [0.2, 0.25) is 0 Å². The minimum absolute atomic E-state index is 0.168. The second-order valence-corrected chi connectivity index (χ2v) is 7.37. The van der Waals surface area contributed by atoms with Crippen molar-refractivity contribution in [3.05, 3.63) is 34.5 Å². The number of likely N-dealkylation sites (tertiary alicyclic amines) is 1. The molecule has 0 spiro atoms. The summed E-state index contributed by atoms with van der Waals surface area (Å²) in [4.78, 5) is 14.8. The van der Waals surface area contributed by atoms with E-state index < -0.39 is 6.10 Å². The molecule has 3 rings (SSSR count). The Hall–Kier alpha value is -2.19. The predicted molar refractivity (Wildman–Crippen MR) is 100 cm³/mol. The Bertz CT molecular complexity index is 778. The Kier molecular flexibility index (Phi) is 5.96. The smallest absolute Gasteiger partial charge is 0.255 e. The molecule has 2 atom stereocenters. The lowest BCUT2D eigenvalue weighted by Crippen LogP contribution is -2.53. The van der Waals surface area contributed by atoms with Gasteiger partial charge in [0.05, 0.1) is 29.1 Å². The molecule has 0 aliphatic carbocycles. The van der Waals surface area contributed by atoms with Crippen LogP contribution in [0.25, 0.3) is 0 Å². The molecule has 1 amide bonds. The molecule has 27 heavy (non-hydrogen) atoms. The van der Waals surface area contributed by atoms with Crippen molar-refractivity contribution in [2.24, 2.45) is 0 Å². The number of aliphatic hydroxyl groups excluding tert-OH is 1. The third-order valence-corrected chi connectivity index (χ3v) is 5.19. The number of nitrogens with zero attached hydrogens (tertiary/aromatic N) is 4. The summed E-state index contributed by atoms with van der Waals surface area (Å²) < 4.78 is 7.01. The van der Waals surface area contributed by atoms with Gasteiger partial charge in [0.15, 0.2) is 0 Å². The maximum absolute atomic E-state index is 12.6. The molecule has 8 heteroatoms. The average Bonchev–Trinajstić information content (AvgIpc) is 3.14. The van der Waals surface area contributed by atoms with Crippen molar-refractivity contribution < 1.29 is 14.4 Å². The van der Waals surface area contributed by atoms with Gasteiger partial charge in [0, 0.05) is 37.9 Å². The van der Waals surface area contributed by atoms with E-state index in [1.54, 1.807) is 10.9 Å². The van der Waals surface area contributed by atoms with E-state index >= 15 is 0 Å². The van der Waals surface area contributed by atoms with Gasteiger partial charge in [0.25, 0.3) is 5.91 Å². The molecule has 1 aliphatic heterocycles. The first-order chi connectivity index (χ1) is 12.9. The average molecular weight is 375 g/mol. The molecule has 1 saturated heterocycles. The Labute approximate surface area is 159 Å². The first kappa shape index (κ1) is 19.6. The molecule has 2 N–H and O–H groups in total. The highest BCUT2D eigenvalue weighted by Gasteiger charge is 2.30. The number of piperidine rings is 1. The number of hydrogen-bond acceptors (Lipinski definition) is 6. The molecule has 1 aliphatic rings. The van der Waals surface area contributed by atoms with Gasteiger partial charge in [-0.3, -0.25) is 14.4 Å². The highest BCUT2D eigenvalue weighted by molar-refractivity contribution is 5.95. The zero-order valence-electron chi connectivity index (χ0n) is 16.5. The van der Waals surface area contributed by atoms with Gasteiger partial charge in [-0.2, -0.15) is 5.10 Å². The van der Waals surface area contributed by atoms with Crippen LogP contribution < -0.4 is 5.32 Å². The summed E-state index contributed by atoms with van der Waals surface area (Å²) in [5.41, 5.74) is 3.25. The van der Waals surface area contributed by atoms with E-state index in [4.69, 9.17) is 4.52 Å². The van der Waals surface area contributed by atoms with E-state index in [1.165, 1.54) is 0 Å². The number of carbonyl (C=O) groups is 1. The maximum atomic E-state index is 12.6. The SMILES string of the molecule is CCCn1cc(C(=O)N[C@@H]2CCN(Cc3c(C)noc3C)C[C@H]2O)c(C)n1. The Morgan fingerprint density at radius 2 is 2.15 bits per heavy atom. The summed E-state index contributed by atoms with van der Waals surface area (Å²) in [6.07, 6.45) is 2.82. The first-order valence-corrected chi connectivity index (χ1v) is 9.56. The number of nitrogens with one attached hydrogen (secondary N) is 1. The van der Waals surface area contributed by atoms with Crippen LogP contribution in [0.3, 0.4) is 0 Å². The van der Waals surface area contributed by atoms with E-state index in [0.29, 0.717) is 30.8 Å². The highest BCUT2D eigenvalue weighted by atomic mass is 16.5. The van der Waals surface area contributed by atoms with Gasteiger partial charge in [0.2, 0.25) is 0 Å². The van der Waals surface area contributed by atoms with Crippen molar-refractivity contribution in [2.75, 3.05) is 13.1 Å². The van der Waals surface area contributed by atoms with Crippen LogP contribution in [0.1, 0.15) is 52.8 Å². The summed E-state index contributed by atoms with van der Waals surface area (Å²) in [5, 5.41) is 21.9. The number of aliphatic hydroxyl groups is 1. The van der Waals surface area contributed by atoms with Crippen molar-refractivity contribution in [1.82, 2.24) is 25.2 Å². The maximum Gasteiger partial charge on any atom is 0.255 e. The zero-order valence-corrected chi connectivity index (χ0v) is 16.5. The van der Waals surface area contributed by atoms with Gasteiger partial charge in [-0.25, -0.2) is 0 Å². The number of aromatic nitrogens is 3. The van der Waals surface area contributed by atoms with Gasteiger partial charge in [-0.1, -0.05) is 12.1 Å². The van der Waals surface area contributed by atoms with Gasteiger partial charge >= 0.3 is 0 Å². The molecule has 0 bridgehead atoms. The van der Waals surface area contributed by atoms with Gasteiger partial charge in [-0.15, -0.1) is 0 Å². The number of β-amino-alcohol motifs (C(OH)–C–C–N with tert-alkyl or cyclic N) is 1. The topological polar surface area (TPSA) is 96.4 Å². The van der Waals surface area contributed by atoms with Crippen LogP contribution >= 0.6 is 0 Å². The Balaban J connectivity index is 1.57. The largest absolute Gasteiger partial charge is 0.390 e. The molecule has 148 valence electrons. The van der Waals surface area contributed by atoms with Gasteiger partial charge in [-0.05, 0) is 33.6 Å². The molecular formula is C19H29N5O3. The van der Waals surface area contributed by atoms with Crippen molar-refractivity contribution in [3.8, 4) is 0 Å². The summed E-state index contributed by atoms with van der Waals surface area (Å²) >= 11 is 0. The van der Waals surface area contributed by atoms with Crippen LogP contribution in [-0.2, 0) is 13.1 Å².